The van der Waals surface area contributed by atoms with Crippen molar-refractivity contribution >= 4 is 17.5 Å². The minimum Gasteiger partial charge on any atom is -0.508 e. The number of nitrogens with zero attached hydrogens (tertiary/aromatic N) is 2. The number of rotatable bonds is 4. The van der Waals surface area contributed by atoms with Gasteiger partial charge in [0.15, 0.2) is 6.10 Å². The number of hydrogen-bond acceptors (Lipinski definition) is 5. The average molecular weight is 400 g/mol. The summed E-state index contributed by atoms with van der Waals surface area (Å²) >= 11 is 0. The van der Waals surface area contributed by atoms with Crippen molar-refractivity contribution < 1.29 is 19.5 Å². The third-order valence-corrected chi connectivity index (χ3v) is 5.66. The summed E-state index contributed by atoms with van der Waals surface area (Å²) in [5.41, 5.74) is 2.14. The van der Waals surface area contributed by atoms with Crippen molar-refractivity contribution in [1.29, 1.82) is 0 Å². The lowest BCUT2D eigenvalue weighted by Gasteiger charge is -2.29. The maximum atomic E-state index is 13.4. The minimum atomic E-state index is -0.925. The molecule has 5 rings (SSSR count). The van der Waals surface area contributed by atoms with E-state index >= 15 is 0 Å². The number of aromatic hydroxyl groups is 1. The van der Waals surface area contributed by atoms with Crippen molar-refractivity contribution in [2.45, 2.75) is 18.7 Å². The van der Waals surface area contributed by atoms with Crippen molar-refractivity contribution in [2.75, 3.05) is 5.06 Å². The van der Waals surface area contributed by atoms with Crippen LogP contribution in [0.1, 0.15) is 17.2 Å². The molecule has 2 fully saturated rings. The number of phenols is 1. The van der Waals surface area contributed by atoms with Gasteiger partial charge in [0, 0.05) is 5.56 Å². The first-order valence-electron chi connectivity index (χ1n) is 9.83. The smallest absolute Gasteiger partial charge is 0.262 e. The Morgan fingerprint density at radius 2 is 1.43 bits per heavy atom. The zero-order valence-electron chi connectivity index (χ0n) is 16.1. The highest BCUT2D eigenvalue weighted by atomic mass is 16.7. The number of fused-ring (bicyclic) bond motifs is 1. The van der Waals surface area contributed by atoms with Crippen LogP contribution in [0, 0.1) is 5.92 Å². The van der Waals surface area contributed by atoms with Gasteiger partial charge < -0.3 is 5.11 Å². The van der Waals surface area contributed by atoms with Gasteiger partial charge in [0.2, 0.25) is 5.91 Å². The molecule has 0 aliphatic carbocycles. The van der Waals surface area contributed by atoms with Gasteiger partial charge in [0.1, 0.15) is 11.7 Å². The topological polar surface area (TPSA) is 70.1 Å². The molecule has 2 aliphatic heterocycles. The Bertz CT molecular complexity index is 1090. The van der Waals surface area contributed by atoms with E-state index in [4.69, 9.17) is 4.84 Å². The molecule has 0 bridgehead atoms. The summed E-state index contributed by atoms with van der Waals surface area (Å²) in [6.45, 7) is 0.202. The number of anilines is 1. The second-order valence-electron chi connectivity index (χ2n) is 7.47. The first-order valence-corrected chi connectivity index (χ1v) is 9.83. The molecule has 0 radical (unpaired) electrons. The fraction of sp³-hybridized carbons (Fsp3) is 0.167. The van der Waals surface area contributed by atoms with Crippen LogP contribution in [-0.4, -0.2) is 27.9 Å². The predicted octanol–water partition coefficient (Wildman–Crippen LogP) is 3.44. The molecule has 150 valence electrons. The van der Waals surface area contributed by atoms with Crippen LogP contribution in [0.4, 0.5) is 5.69 Å². The number of hydrogen-bond donors (Lipinski definition) is 1. The zero-order valence-corrected chi connectivity index (χ0v) is 16.1. The van der Waals surface area contributed by atoms with E-state index in [0.717, 1.165) is 11.3 Å². The lowest BCUT2D eigenvalue weighted by molar-refractivity contribution is -0.143. The van der Waals surface area contributed by atoms with E-state index in [1.807, 2.05) is 60.7 Å². The third kappa shape index (κ3) is 2.93. The molecular weight excluding hydrogens is 380 g/mol. The normalized spacial score (nSPS) is 23.1. The number of hydroxylamine groups is 1. The Hall–Kier alpha value is -3.64. The monoisotopic (exact) mass is 400 g/mol. The number of benzene rings is 3. The average Bonchev–Trinajstić information content (AvgIpc) is 3.27. The Kier molecular flexibility index (Phi) is 4.48. The van der Waals surface area contributed by atoms with Crippen molar-refractivity contribution in [3.8, 4) is 5.75 Å². The fourth-order valence-corrected chi connectivity index (χ4v) is 4.25. The van der Waals surface area contributed by atoms with Crippen LogP contribution in [0.2, 0.25) is 0 Å². The van der Waals surface area contributed by atoms with Crippen LogP contribution in [0.15, 0.2) is 84.9 Å². The molecular formula is C24H20N2O4. The molecule has 30 heavy (non-hydrogen) atoms. The van der Waals surface area contributed by atoms with E-state index in [-0.39, 0.29) is 24.1 Å². The van der Waals surface area contributed by atoms with E-state index in [2.05, 4.69) is 0 Å². The van der Waals surface area contributed by atoms with Gasteiger partial charge >= 0.3 is 0 Å². The van der Waals surface area contributed by atoms with E-state index in [0.29, 0.717) is 5.56 Å². The van der Waals surface area contributed by atoms with Crippen molar-refractivity contribution in [3.63, 3.8) is 0 Å². The maximum absolute atomic E-state index is 13.4. The molecule has 0 spiro atoms. The summed E-state index contributed by atoms with van der Waals surface area (Å²) in [6, 6.07) is 25.0. The number of para-hydroxylation sites is 2. The third-order valence-electron chi connectivity index (χ3n) is 5.66. The highest BCUT2D eigenvalue weighted by Gasteiger charge is 2.60. The van der Waals surface area contributed by atoms with Crippen molar-refractivity contribution in [2.24, 2.45) is 5.92 Å². The molecule has 2 amide bonds. The van der Waals surface area contributed by atoms with E-state index in [1.54, 1.807) is 29.3 Å². The summed E-state index contributed by atoms with van der Waals surface area (Å²) in [7, 11) is 0. The van der Waals surface area contributed by atoms with E-state index < -0.39 is 18.1 Å². The zero-order chi connectivity index (χ0) is 20.7. The van der Waals surface area contributed by atoms with Crippen LogP contribution >= 0.6 is 0 Å². The van der Waals surface area contributed by atoms with Crippen molar-refractivity contribution in [3.05, 3.63) is 96.1 Å². The molecule has 6 nitrogen and oxygen atoms in total. The van der Waals surface area contributed by atoms with Crippen LogP contribution in [0.25, 0.3) is 0 Å². The number of carbonyl (C=O) groups excluding carboxylic acids is 2. The van der Waals surface area contributed by atoms with Gasteiger partial charge in [0.05, 0.1) is 18.3 Å². The number of amides is 2. The molecule has 0 unspecified atom stereocenters. The molecule has 1 N–H and O–H groups in total. The molecule has 2 aliphatic rings. The largest absolute Gasteiger partial charge is 0.508 e. The molecule has 3 aromatic carbocycles. The summed E-state index contributed by atoms with van der Waals surface area (Å²) in [6.07, 6.45) is -0.925. The summed E-state index contributed by atoms with van der Waals surface area (Å²) in [5.74, 6) is -1.32. The minimum absolute atomic E-state index is 0.0643. The first-order chi connectivity index (χ1) is 14.6. The molecule has 3 aromatic rings. The van der Waals surface area contributed by atoms with Crippen LogP contribution in [0.5, 0.6) is 5.75 Å². The van der Waals surface area contributed by atoms with Gasteiger partial charge in [0.25, 0.3) is 5.91 Å². The molecule has 2 saturated heterocycles. The predicted molar refractivity (Wildman–Crippen MR) is 110 cm³/mol. The van der Waals surface area contributed by atoms with Gasteiger partial charge in [-0.2, -0.15) is 0 Å². The number of imide groups is 1. The number of phenolic OH excluding ortho intramolecular Hbond substituents is 1. The lowest BCUT2D eigenvalue weighted by atomic mass is 9.90. The summed E-state index contributed by atoms with van der Waals surface area (Å²) < 4.78 is 0. The Labute approximate surface area is 173 Å². The molecule has 0 aromatic heterocycles. The first kappa shape index (κ1) is 18.4. The number of carbonyl (C=O) groups is 2. The van der Waals surface area contributed by atoms with E-state index in [9.17, 15) is 14.7 Å². The standard InChI is InChI=1S/C24H20N2O4/c27-19-14-8-7-13-18(19)21-20-22(30-26(21)17-11-5-2-6-12-17)24(29)25(23(20)28)15-16-9-3-1-4-10-16/h1-14,20-22,27H,15H2/t20-,21-,22-/m1/s1. The van der Waals surface area contributed by atoms with Gasteiger partial charge in [-0.1, -0.05) is 66.7 Å². The van der Waals surface area contributed by atoms with Crippen LogP contribution < -0.4 is 5.06 Å². The van der Waals surface area contributed by atoms with Gasteiger partial charge in [-0.15, -0.1) is 0 Å². The Morgan fingerprint density at radius 3 is 2.13 bits per heavy atom. The second kappa shape index (κ2) is 7.31. The fourth-order valence-electron chi connectivity index (χ4n) is 4.25. The van der Waals surface area contributed by atoms with Gasteiger partial charge in [-0.3, -0.25) is 19.3 Å². The highest BCUT2D eigenvalue weighted by molar-refractivity contribution is 6.07. The number of likely N-dealkylation sites (tertiary alicyclic amines) is 1. The summed E-state index contributed by atoms with van der Waals surface area (Å²) in [4.78, 5) is 33.8. The van der Waals surface area contributed by atoms with Crippen molar-refractivity contribution in [1.82, 2.24) is 4.90 Å². The van der Waals surface area contributed by atoms with E-state index in [1.165, 1.54) is 4.90 Å². The Morgan fingerprint density at radius 1 is 0.800 bits per heavy atom. The maximum Gasteiger partial charge on any atom is 0.262 e. The Balaban J connectivity index is 1.54. The molecule has 6 heteroatoms. The highest BCUT2D eigenvalue weighted by Crippen LogP contribution is 2.48. The van der Waals surface area contributed by atoms with Gasteiger partial charge in [-0.25, -0.2) is 5.06 Å². The molecule has 0 saturated carbocycles. The van der Waals surface area contributed by atoms with Crippen LogP contribution in [0.3, 0.4) is 0 Å². The SMILES string of the molecule is O=C1[C@@H]2[C@@H](c3ccccc3O)N(c3ccccc3)O[C@H]2C(=O)N1Cc1ccccc1. The second-order valence-corrected chi connectivity index (χ2v) is 7.47. The quantitative estimate of drug-likeness (QED) is 0.680. The molecule has 2 heterocycles. The van der Waals surface area contributed by atoms with Gasteiger partial charge in [-0.05, 0) is 23.8 Å². The lowest BCUT2D eigenvalue weighted by Crippen LogP contribution is -2.36. The van der Waals surface area contributed by atoms with Crippen LogP contribution in [-0.2, 0) is 21.0 Å². The summed E-state index contributed by atoms with van der Waals surface area (Å²) in [5, 5.41) is 12.1. The molecule has 3 atom stereocenters.